The van der Waals surface area contributed by atoms with E-state index in [2.05, 4.69) is 11.8 Å². The lowest BCUT2D eigenvalue weighted by Gasteiger charge is -2.27. The van der Waals surface area contributed by atoms with Crippen molar-refractivity contribution in [1.82, 2.24) is 0 Å². The van der Waals surface area contributed by atoms with E-state index in [9.17, 15) is 0 Å². The average Bonchev–Trinajstić information content (AvgIpc) is 3.21. The predicted molar refractivity (Wildman–Crippen MR) is 79.2 cm³/mol. The molecule has 0 aliphatic heterocycles. The summed E-state index contributed by atoms with van der Waals surface area (Å²) in [6, 6.07) is 5.74. The second-order valence-electron chi connectivity index (χ2n) is 5.19. The van der Waals surface area contributed by atoms with E-state index in [0.717, 1.165) is 42.4 Å². The standard InChI is InChI=1S/C15H23N3O/c1-3-8-18(10-11-4-5-11)14-9-12(19-2)6-7-13(14)15(16)17/h6-7,9,11H,3-5,8,10H2,1-2H3,(H3,16,17). The third-order valence-electron chi connectivity index (χ3n) is 3.50. The molecule has 2 rings (SSSR count). The maximum Gasteiger partial charge on any atom is 0.124 e. The van der Waals surface area contributed by atoms with Crippen LogP contribution in [0.4, 0.5) is 5.69 Å². The molecule has 0 unspecified atom stereocenters. The second-order valence-corrected chi connectivity index (χ2v) is 5.19. The van der Waals surface area contributed by atoms with E-state index in [1.807, 2.05) is 18.2 Å². The molecule has 0 radical (unpaired) electrons. The van der Waals surface area contributed by atoms with Crippen molar-refractivity contribution in [3.05, 3.63) is 23.8 Å². The fraction of sp³-hybridized carbons (Fsp3) is 0.533. The molecular formula is C15H23N3O. The number of nitrogen functional groups attached to an aromatic ring is 1. The summed E-state index contributed by atoms with van der Waals surface area (Å²) in [6.07, 6.45) is 3.72. The summed E-state index contributed by atoms with van der Waals surface area (Å²) in [5.74, 6) is 1.74. The van der Waals surface area contributed by atoms with E-state index in [1.165, 1.54) is 12.8 Å². The number of nitrogens with zero attached hydrogens (tertiary/aromatic N) is 1. The number of anilines is 1. The van der Waals surface area contributed by atoms with Gasteiger partial charge in [0.25, 0.3) is 0 Å². The predicted octanol–water partition coefficient (Wildman–Crippen LogP) is 2.61. The Balaban J connectivity index is 2.32. The van der Waals surface area contributed by atoms with E-state index in [-0.39, 0.29) is 5.84 Å². The zero-order valence-electron chi connectivity index (χ0n) is 11.8. The lowest BCUT2D eigenvalue weighted by atomic mass is 10.1. The first kappa shape index (κ1) is 13.7. The molecule has 0 spiro atoms. The number of amidine groups is 1. The lowest BCUT2D eigenvalue weighted by Crippen LogP contribution is -2.29. The van der Waals surface area contributed by atoms with Crippen LogP contribution < -0.4 is 15.4 Å². The molecule has 0 amide bonds. The van der Waals surface area contributed by atoms with Crippen LogP contribution >= 0.6 is 0 Å². The van der Waals surface area contributed by atoms with Gasteiger partial charge in [-0.25, -0.2) is 0 Å². The fourth-order valence-corrected chi connectivity index (χ4v) is 2.32. The summed E-state index contributed by atoms with van der Waals surface area (Å²) < 4.78 is 5.30. The van der Waals surface area contributed by atoms with Gasteiger partial charge in [-0.3, -0.25) is 5.41 Å². The Morgan fingerprint density at radius 1 is 1.47 bits per heavy atom. The molecule has 0 bridgehead atoms. The van der Waals surface area contributed by atoms with Crippen LogP contribution in [0.15, 0.2) is 18.2 Å². The van der Waals surface area contributed by atoms with Crippen LogP contribution in [0.25, 0.3) is 0 Å². The van der Waals surface area contributed by atoms with Crippen molar-refractivity contribution in [3.8, 4) is 5.75 Å². The monoisotopic (exact) mass is 261 g/mol. The van der Waals surface area contributed by atoms with Crippen molar-refractivity contribution in [2.45, 2.75) is 26.2 Å². The van der Waals surface area contributed by atoms with Gasteiger partial charge in [0, 0.05) is 24.7 Å². The molecule has 3 N–H and O–H groups in total. The van der Waals surface area contributed by atoms with Crippen molar-refractivity contribution < 1.29 is 4.74 Å². The van der Waals surface area contributed by atoms with Crippen LogP contribution in [0.2, 0.25) is 0 Å². The first-order chi connectivity index (χ1) is 9.15. The number of ether oxygens (including phenoxy) is 1. The van der Waals surface area contributed by atoms with Crippen LogP contribution in [0.3, 0.4) is 0 Å². The van der Waals surface area contributed by atoms with Gasteiger partial charge in [0.2, 0.25) is 0 Å². The summed E-state index contributed by atoms with van der Waals surface area (Å²) >= 11 is 0. The van der Waals surface area contributed by atoms with Gasteiger partial charge in [-0.2, -0.15) is 0 Å². The van der Waals surface area contributed by atoms with Crippen molar-refractivity contribution in [3.63, 3.8) is 0 Å². The summed E-state index contributed by atoms with van der Waals surface area (Å²) in [6.45, 7) is 4.22. The molecule has 0 heterocycles. The second kappa shape index (κ2) is 5.95. The van der Waals surface area contributed by atoms with E-state index in [4.69, 9.17) is 15.9 Å². The number of rotatable bonds is 7. The van der Waals surface area contributed by atoms with Gasteiger partial charge < -0.3 is 15.4 Å². The first-order valence-corrected chi connectivity index (χ1v) is 6.93. The Morgan fingerprint density at radius 2 is 2.21 bits per heavy atom. The Kier molecular flexibility index (Phi) is 4.30. The van der Waals surface area contributed by atoms with E-state index >= 15 is 0 Å². The zero-order valence-corrected chi connectivity index (χ0v) is 11.8. The number of hydrogen-bond donors (Lipinski definition) is 2. The maximum absolute atomic E-state index is 7.74. The van der Waals surface area contributed by atoms with Gasteiger partial charge in [-0.15, -0.1) is 0 Å². The summed E-state index contributed by atoms with van der Waals surface area (Å²) in [7, 11) is 1.66. The van der Waals surface area contributed by atoms with Gasteiger partial charge in [0.05, 0.1) is 12.8 Å². The highest BCUT2D eigenvalue weighted by Gasteiger charge is 2.25. The molecule has 1 aliphatic carbocycles. The van der Waals surface area contributed by atoms with Crippen LogP contribution in [0.1, 0.15) is 31.7 Å². The smallest absolute Gasteiger partial charge is 0.124 e. The molecule has 0 saturated heterocycles. The topological polar surface area (TPSA) is 62.3 Å². The van der Waals surface area contributed by atoms with E-state index < -0.39 is 0 Å². The Bertz CT molecular complexity index is 455. The minimum Gasteiger partial charge on any atom is -0.497 e. The van der Waals surface area contributed by atoms with Gasteiger partial charge >= 0.3 is 0 Å². The quantitative estimate of drug-likeness (QED) is 0.586. The van der Waals surface area contributed by atoms with Gasteiger partial charge in [0.15, 0.2) is 0 Å². The SMILES string of the molecule is CCCN(CC1CC1)c1cc(OC)ccc1C(=N)N. The number of nitrogens with one attached hydrogen (secondary N) is 1. The molecular weight excluding hydrogens is 238 g/mol. The first-order valence-electron chi connectivity index (χ1n) is 6.93. The van der Waals surface area contributed by atoms with Crippen LogP contribution in [0, 0.1) is 11.3 Å². The Morgan fingerprint density at radius 3 is 2.74 bits per heavy atom. The summed E-state index contributed by atoms with van der Waals surface area (Å²) in [4.78, 5) is 2.34. The molecule has 0 aromatic heterocycles. The van der Waals surface area contributed by atoms with Gasteiger partial charge in [0.1, 0.15) is 11.6 Å². The van der Waals surface area contributed by atoms with E-state index in [0.29, 0.717) is 0 Å². The number of nitrogens with two attached hydrogens (primary N) is 1. The molecule has 4 nitrogen and oxygen atoms in total. The van der Waals surface area contributed by atoms with Crippen molar-refractivity contribution in [1.29, 1.82) is 5.41 Å². The summed E-state index contributed by atoms with van der Waals surface area (Å²) in [5, 5.41) is 7.74. The van der Waals surface area contributed by atoms with E-state index in [1.54, 1.807) is 7.11 Å². The zero-order chi connectivity index (χ0) is 13.8. The van der Waals surface area contributed by atoms with Crippen LogP contribution in [-0.4, -0.2) is 26.0 Å². The summed E-state index contributed by atoms with van der Waals surface area (Å²) in [5.41, 5.74) is 7.53. The third-order valence-corrected chi connectivity index (χ3v) is 3.50. The Labute approximate surface area is 115 Å². The maximum atomic E-state index is 7.74. The largest absolute Gasteiger partial charge is 0.497 e. The highest BCUT2D eigenvalue weighted by atomic mass is 16.5. The fourth-order valence-electron chi connectivity index (χ4n) is 2.32. The number of benzene rings is 1. The molecule has 0 atom stereocenters. The molecule has 19 heavy (non-hydrogen) atoms. The molecule has 104 valence electrons. The molecule has 1 aromatic carbocycles. The molecule has 4 heteroatoms. The van der Waals surface area contributed by atoms with Gasteiger partial charge in [-0.05, 0) is 37.3 Å². The third kappa shape index (κ3) is 3.40. The van der Waals surface area contributed by atoms with Crippen molar-refractivity contribution in [2.75, 3.05) is 25.1 Å². The van der Waals surface area contributed by atoms with Crippen LogP contribution in [0.5, 0.6) is 5.75 Å². The minimum absolute atomic E-state index is 0.120. The minimum atomic E-state index is 0.120. The molecule has 1 saturated carbocycles. The van der Waals surface area contributed by atoms with Crippen LogP contribution in [-0.2, 0) is 0 Å². The number of methoxy groups -OCH3 is 1. The highest BCUT2D eigenvalue weighted by molar-refractivity contribution is 6.00. The van der Waals surface area contributed by atoms with Crippen molar-refractivity contribution >= 4 is 11.5 Å². The Hall–Kier alpha value is -1.71. The molecule has 1 aliphatic rings. The molecule has 1 fully saturated rings. The highest BCUT2D eigenvalue weighted by Crippen LogP contribution is 2.33. The number of hydrogen-bond acceptors (Lipinski definition) is 3. The lowest BCUT2D eigenvalue weighted by molar-refractivity contribution is 0.414. The van der Waals surface area contributed by atoms with Gasteiger partial charge in [-0.1, -0.05) is 6.92 Å². The van der Waals surface area contributed by atoms with Crippen molar-refractivity contribution in [2.24, 2.45) is 11.7 Å². The normalized spacial score (nSPS) is 14.2. The molecule has 1 aromatic rings. The average molecular weight is 261 g/mol.